The summed E-state index contributed by atoms with van der Waals surface area (Å²) in [5.41, 5.74) is -0.801. The first-order valence-corrected chi connectivity index (χ1v) is 8.38. The van der Waals surface area contributed by atoms with E-state index in [-0.39, 0.29) is 11.6 Å². The molecule has 3 heterocycles. The van der Waals surface area contributed by atoms with E-state index in [4.69, 9.17) is 11.8 Å². The second-order valence-electron chi connectivity index (χ2n) is 8.56. The topological polar surface area (TPSA) is 32.3 Å². The van der Waals surface area contributed by atoms with Crippen LogP contribution < -0.4 is 5.32 Å². The number of carbonyl (C=O) groups excluding carboxylic acids is 1. The molecule has 2 spiro atoms. The van der Waals surface area contributed by atoms with E-state index in [1.54, 1.807) is 0 Å². The number of hydrogen-bond donors (Lipinski definition) is 1. The fourth-order valence-electron chi connectivity index (χ4n) is 4.04. The highest BCUT2D eigenvalue weighted by atomic mass is 35.5. The van der Waals surface area contributed by atoms with Crippen molar-refractivity contribution in [2.75, 3.05) is 54.4 Å². The van der Waals surface area contributed by atoms with E-state index in [2.05, 4.69) is 33.5 Å². The van der Waals surface area contributed by atoms with Gasteiger partial charge in [-0.1, -0.05) is 0 Å². The van der Waals surface area contributed by atoms with Gasteiger partial charge in [0.2, 0.25) is 5.91 Å². The number of halogens is 1. The lowest BCUT2D eigenvalue weighted by Crippen LogP contribution is -2.63. The smallest absolute Gasteiger partial charge is 0.243 e. The molecule has 0 bridgehead atoms. The van der Waals surface area contributed by atoms with Crippen LogP contribution in [-0.2, 0) is 4.79 Å². The van der Waals surface area contributed by atoms with Gasteiger partial charge in [-0.15, -0.1) is 0 Å². The number of likely N-dealkylation sites (tertiary alicyclic amines) is 2. The Morgan fingerprint density at radius 3 is 1.86 bits per heavy atom. The second kappa shape index (κ2) is 4.57. The van der Waals surface area contributed by atoms with Crippen molar-refractivity contribution >= 4 is 17.7 Å². The Morgan fingerprint density at radius 2 is 1.38 bits per heavy atom. The summed E-state index contributed by atoms with van der Waals surface area (Å²) in [6, 6.07) is 0. The third kappa shape index (κ3) is 2.38. The summed E-state index contributed by atoms with van der Waals surface area (Å²) in [7, 11) is 8.96. The molecule has 3 saturated heterocycles. The highest BCUT2D eigenvalue weighted by Crippen LogP contribution is 2.45. The van der Waals surface area contributed by atoms with Gasteiger partial charge in [0.15, 0.2) is 0 Å². The van der Waals surface area contributed by atoms with Crippen LogP contribution in [0.2, 0.25) is 0 Å². The van der Waals surface area contributed by atoms with Crippen LogP contribution in [0.1, 0.15) is 25.7 Å². The van der Waals surface area contributed by atoms with E-state index in [1.807, 2.05) is 4.42 Å². The van der Waals surface area contributed by atoms with Crippen LogP contribution in [0.3, 0.4) is 0 Å². The second-order valence-corrected chi connectivity index (χ2v) is 8.90. The first-order chi connectivity index (χ1) is 9.61. The maximum atomic E-state index is 12.8. The zero-order chi connectivity index (χ0) is 15.5. The maximum Gasteiger partial charge on any atom is 0.243 e. The van der Waals surface area contributed by atoms with E-state index < -0.39 is 5.54 Å². The summed E-state index contributed by atoms with van der Waals surface area (Å²) in [5, 5.41) is 3.28. The summed E-state index contributed by atoms with van der Waals surface area (Å²) in [4.78, 5) is 12.8. The largest absolute Gasteiger partial charge is 0.335 e. The Morgan fingerprint density at radius 1 is 0.952 bits per heavy atom. The van der Waals surface area contributed by atoms with Crippen LogP contribution in [-0.4, -0.2) is 84.9 Å². The molecular weight excluding hydrogens is 288 g/mol. The van der Waals surface area contributed by atoms with Crippen LogP contribution in [0.4, 0.5) is 0 Å². The lowest BCUT2D eigenvalue weighted by atomic mass is 9.86. The molecule has 1 N–H and O–H groups in total. The molecule has 0 aromatic carbocycles. The molecule has 0 aromatic rings. The zero-order valence-corrected chi connectivity index (χ0v) is 14.5. The molecule has 0 aliphatic carbocycles. The van der Waals surface area contributed by atoms with Gasteiger partial charge in [-0.05, 0) is 11.8 Å². The SMILES string of the molecule is C[N+]1(C)CCC2(CC1)NC(=O)C1(CC[N+](C)(C)CC1)N2Cl. The molecule has 0 atom stereocenters. The van der Waals surface area contributed by atoms with Crippen molar-refractivity contribution < 1.29 is 13.8 Å². The van der Waals surface area contributed by atoms with Crippen LogP contribution in [0.15, 0.2) is 0 Å². The number of carbonyl (C=O) groups is 1. The fraction of sp³-hybridized carbons (Fsp3) is 0.933. The van der Waals surface area contributed by atoms with Gasteiger partial charge >= 0.3 is 0 Å². The van der Waals surface area contributed by atoms with E-state index in [9.17, 15) is 4.79 Å². The van der Waals surface area contributed by atoms with Crippen LogP contribution in [0.5, 0.6) is 0 Å². The first-order valence-electron chi connectivity index (χ1n) is 8.04. The van der Waals surface area contributed by atoms with Crippen molar-refractivity contribution in [2.24, 2.45) is 0 Å². The Kier molecular flexibility index (Phi) is 3.38. The Labute approximate surface area is 133 Å². The summed E-state index contributed by atoms with van der Waals surface area (Å²) < 4.78 is 3.90. The van der Waals surface area contributed by atoms with Crippen molar-refractivity contribution in [3.63, 3.8) is 0 Å². The van der Waals surface area contributed by atoms with Gasteiger partial charge in [-0.2, -0.15) is 4.42 Å². The van der Waals surface area contributed by atoms with Crippen LogP contribution in [0.25, 0.3) is 0 Å². The lowest BCUT2D eigenvalue weighted by molar-refractivity contribution is -0.898. The van der Waals surface area contributed by atoms with Gasteiger partial charge < -0.3 is 14.3 Å². The molecule has 120 valence electrons. The van der Waals surface area contributed by atoms with Gasteiger partial charge in [0.05, 0.1) is 54.4 Å². The number of nitrogens with zero attached hydrogens (tertiary/aromatic N) is 3. The Hall–Kier alpha value is -0.360. The van der Waals surface area contributed by atoms with Gasteiger partial charge in [0.1, 0.15) is 11.2 Å². The Balaban J connectivity index is 1.82. The highest BCUT2D eigenvalue weighted by molar-refractivity contribution is 6.17. The molecule has 6 heteroatoms. The molecule has 5 nitrogen and oxygen atoms in total. The molecule has 3 rings (SSSR count). The number of rotatable bonds is 0. The number of amides is 1. The van der Waals surface area contributed by atoms with E-state index in [0.29, 0.717) is 0 Å². The minimum atomic E-state index is -0.482. The standard InChI is InChI=1S/C15H28ClN4O/c1-19(2)9-5-14(6-10-19)13(21)17-15(18(14)16)7-11-20(3,4)12-8-15/h5-12H2,1-4H3/q+1/p+1. The molecule has 3 aliphatic heterocycles. The monoisotopic (exact) mass is 316 g/mol. The molecule has 21 heavy (non-hydrogen) atoms. The molecule has 0 unspecified atom stereocenters. The van der Waals surface area contributed by atoms with Gasteiger partial charge in [0, 0.05) is 25.7 Å². The summed E-state index contributed by atoms with van der Waals surface area (Å²) in [6.07, 6.45) is 3.59. The molecular formula is C15H29ClN4O+2. The minimum Gasteiger partial charge on any atom is -0.335 e. The van der Waals surface area contributed by atoms with Crippen LogP contribution >= 0.6 is 11.8 Å². The molecule has 0 radical (unpaired) electrons. The number of hydrogen-bond acceptors (Lipinski definition) is 2. The maximum absolute atomic E-state index is 12.8. The predicted molar refractivity (Wildman–Crippen MR) is 83.4 cm³/mol. The van der Waals surface area contributed by atoms with Crippen molar-refractivity contribution in [2.45, 2.75) is 36.9 Å². The zero-order valence-electron chi connectivity index (χ0n) is 13.8. The lowest BCUT2D eigenvalue weighted by Gasteiger charge is -2.48. The summed E-state index contributed by atoms with van der Waals surface area (Å²) in [5.74, 6) is 0.157. The fourth-order valence-corrected chi connectivity index (χ4v) is 4.50. The predicted octanol–water partition coefficient (Wildman–Crippen LogP) is 0.748. The van der Waals surface area contributed by atoms with Gasteiger partial charge in [-0.3, -0.25) is 4.79 Å². The van der Waals surface area contributed by atoms with E-state index >= 15 is 0 Å². The third-order valence-corrected chi connectivity index (χ3v) is 6.69. The molecule has 3 aliphatic rings. The van der Waals surface area contributed by atoms with E-state index in [0.717, 1.165) is 60.8 Å². The van der Waals surface area contributed by atoms with Crippen molar-refractivity contribution in [1.82, 2.24) is 9.74 Å². The quantitative estimate of drug-likeness (QED) is 0.528. The number of quaternary nitrogens is 2. The van der Waals surface area contributed by atoms with Gasteiger partial charge in [0.25, 0.3) is 0 Å². The van der Waals surface area contributed by atoms with Crippen molar-refractivity contribution in [3.05, 3.63) is 0 Å². The molecule has 0 saturated carbocycles. The molecule has 3 fully saturated rings. The normalized spacial score (nSPS) is 33.3. The summed E-state index contributed by atoms with van der Waals surface area (Å²) in [6.45, 7) is 4.13. The number of piperidine rings is 2. The highest BCUT2D eigenvalue weighted by Gasteiger charge is 2.63. The van der Waals surface area contributed by atoms with Crippen molar-refractivity contribution in [1.29, 1.82) is 0 Å². The van der Waals surface area contributed by atoms with E-state index in [1.165, 1.54) is 0 Å². The third-order valence-electron chi connectivity index (χ3n) is 6.04. The average molecular weight is 317 g/mol. The minimum absolute atomic E-state index is 0.157. The molecule has 1 amide bonds. The van der Waals surface area contributed by atoms with Crippen molar-refractivity contribution in [3.8, 4) is 0 Å². The average Bonchev–Trinajstić information content (AvgIpc) is 2.60. The Bertz CT molecular complexity index is 443. The van der Waals surface area contributed by atoms with Gasteiger partial charge in [-0.25, -0.2) is 0 Å². The first kappa shape index (κ1) is 15.5. The van der Waals surface area contributed by atoms with Crippen LogP contribution in [0, 0.1) is 0 Å². The summed E-state index contributed by atoms with van der Waals surface area (Å²) >= 11 is 6.80. The number of nitrogens with one attached hydrogen (secondary N) is 1. The molecule has 0 aromatic heterocycles.